The summed E-state index contributed by atoms with van der Waals surface area (Å²) >= 11 is 6.29. The van der Waals surface area contributed by atoms with Crippen molar-refractivity contribution >= 4 is 11.6 Å². The van der Waals surface area contributed by atoms with E-state index in [1.807, 2.05) is 18.2 Å². The van der Waals surface area contributed by atoms with Crippen LogP contribution in [-0.2, 0) is 0 Å². The van der Waals surface area contributed by atoms with Gasteiger partial charge < -0.3 is 0 Å². The Labute approximate surface area is 118 Å². The zero-order valence-corrected chi connectivity index (χ0v) is 12.1. The largest absolute Gasteiger partial charge is 0.294 e. The first kappa shape index (κ1) is 12.7. The molecular weight excluding hydrogens is 258 g/mol. The molecule has 0 saturated heterocycles. The van der Waals surface area contributed by atoms with Crippen molar-refractivity contribution in [2.75, 3.05) is 0 Å². The Hall–Kier alpha value is -1.35. The van der Waals surface area contributed by atoms with Crippen molar-refractivity contribution in [1.82, 2.24) is 14.8 Å². The van der Waals surface area contributed by atoms with Crippen LogP contribution < -0.4 is 0 Å². The predicted octanol–water partition coefficient (Wildman–Crippen LogP) is 4.35. The highest BCUT2D eigenvalue weighted by atomic mass is 35.5. The van der Waals surface area contributed by atoms with Crippen LogP contribution in [0.15, 0.2) is 30.3 Å². The molecule has 1 unspecified atom stereocenters. The van der Waals surface area contributed by atoms with Crippen molar-refractivity contribution in [3.8, 4) is 11.4 Å². The smallest absolute Gasteiger partial charge is 0.225 e. The molecule has 0 N–H and O–H groups in total. The molecule has 3 nitrogen and oxygen atoms in total. The van der Waals surface area contributed by atoms with Crippen molar-refractivity contribution in [2.45, 2.75) is 39.2 Å². The lowest BCUT2D eigenvalue weighted by Gasteiger charge is -2.29. The minimum absolute atomic E-state index is 0.246. The molecule has 0 amide bonds. The molecule has 4 heteroatoms. The van der Waals surface area contributed by atoms with Gasteiger partial charge >= 0.3 is 0 Å². The van der Waals surface area contributed by atoms with Crippen molar-refractivity contribution in [2.24, 2.45) is 5.41 Å². The summed E-state index contributed by atoms with van der Waals surface area (Å²) in [4.78, 5) is 0. The van der Waals surface area contributed by atoms with Gasteiger partial charge in [-0.25, -0.2) is 0 Å². The topological polar surface area (TPSA) is 30.7 Å². The summed E-state index contributed by atoms with van der Waals surface area (Å²) < 4.78 is 2.11. The Morgan fingerprint density at radius 2 is 1.95 bits per heavy atom. The molecule has 1 aliphatic carbocycles. The molecule has 19 heavy (non-hydrogen) atoms. The second-order valence-electron chi connectivity index (χ2n) is 5.93. The van der Waals surface area contributed by atoms with E-state index in [-0.39, 0.29) is 5.41 Å². The summed E-state index contributed by atoms with van der Waals surface area (Å²) in [5.74, 6) is 0.880. The summed E-state index contributed by atoms with van der Waals surface area (Å²) in [5, 5.41) is 8.86. The summed E-state index contributed by atoms with van der Waals surface area (Å²) in [5.41, 5.74) is 1.32. The summed E-state index contributed by atoms with van der Waals surface area (Å²) in [6, 6.07) is 10.5. The first-order valence-corrected chi connectivity index (χ1v) is 7.13. The fourth-order valence-corrected chi connectivity index (χ4v) is 3.36. The van der Waals surface area contributed by atoms with Gasteiger partial charge in [-0.2, -0.15) is 0 Å². The van der Waals surface area contributed by atoms with Gasteiger partial charge in [0.25, 0.3) is 0 Å². The lowest BCUT2D eigenvalue weighted by atomic mass is 9.87. The number of nitrogens with zero attached hydrogens (tertiary/aromatic N) is 3. The zero-order chi connectivity index (χ0) is 13.5. The van der Waals surface area contributed by atoms with Crippen LogP contribution in [0.4, 0.5) is 0 Å². The van der Waals surface area contributed by atoms with Crippen LogP contribution in [-0.4, -0.2) is 14.8 Å². The third-order valence-corrected chi connectivity index (χ3v) is 4.46. The molecule has 0 aliphatic heterocycles. The van der Waals surface area contributed by atoms with E-state index in [1.165, 1.54) is 12.8 Å². The molecule has 1 aromatic heterocycles. The number of benzene rings is 1. The Bertz CT molecular complexity index is 574. The fourth-order valence-electron chi connectivity index (χ4n) is 3.12. The maximum Gasteiger partial charge on any atom is 0.225 e. The average molecular weight is 276 g/mol. The van der Waals surface area contributed by atoms with E-state index in [4.69, 9.17) is 11.6 Å². The number of rotatable bonds is 2. The second kappa shape index (κ2) is 4.64. The third-order valence-electron chi connectivity index (χ3n) is 4.20. The molecule has 1 saturated carbocycles. The molecule has 3 rings (SSSR count). The van der Waals surface area contributed by atoms with Crippen LogP contribution >= 0.6 is 11.6 Å². The van der Waals surface area contributed by atoms with Crippen molar-refractivity contribution in [3.05, 3.63) is 35.6 Å². The summed E-state index contributed by atoms with van der Waals surface area (Å²) in [7, 11) is 0. The van der Waals surface area contributed by atoms with Crippen LogP contribution in [0.5, 0.6) is 0 Å². The lowest BCUT2D eigenvalue weighted by Crippen LogP contribution is -2.22. The Balaban J connectivity index is 2.10. The average Bonchev–Trinajstić information content (AvgIpc) is 2.93. The van der Waals surface area contributed by atoms with E-state index in [2.05, 4.69) is 40.7 Å². The maximum atomic E-state index is 6.29. The van der Waals surface area contributed by atoms with Gasteiger partial charge in [-0.1, -0.05) is 50.6 Å². The van der Waals surface area contributed by atoms with Gasteiger partial charge in [0.2, 0.25) is 5.28 Å². The third kappa shape index (κ3) is 2.16. The highest BCUT2D eigenvalue weighted by Crippen LogP contribution is 2.48. The normalized spacial score (nSPS) is 21.7. The highest BCUT2D eigenvalue weighted by Gasteiger charge is 2.38. The molecule has 1 atom stereocenters. The van der Waals surface area contributed by atoms with Gasteiger partial charge in [0.1, 0.15) is 0 Å². The molecule has 1 fully saturated rings. The standard InChI is InChI=1S/C15H18ClN3/c1-15(2)10-6-9-12(15)19-13(17-18-14(19)16)11-7-4-3-5-8-11/h3-5,7-8,12H,6,9-10H2,1-2H3. The van der Waals surface area contributed by atoms with Crippen LogP contribution in [0.1, 0.15) is 39.2 Å². The van der Waals surface area contributed by atoms with E-state index in [0.717, 1.165) is 17.8 Å². The quantitative estimate of drug-likeness (QED) is 0.816. The van der Waals surface area contributed by atoms with Crippen molar-refractivity contribution < 1.29 is 0 Å². The van der Waals surface area contributed by atoms with Gasteiger partial charge in [0, 0.05) is 11.6 Å². The van der Waals surface area contributed by atoms with Crippen LogP contribution in [0, 0.1) is 5.41 Å². The molecule has 1 aromatic carbocycles. The second-order valence-corrected chi connectivity index (χ2v) is 6.26. The Morgan fingerprint density at radius 3 is 2.58 bits per heavy atom. The number of halogens is 1. The first-order valence-electron chi connectivity index (χ1n) is 6.75. The molecule has 2 aromatic rings. The van der Waals surface area contributed by atoms with Gasteiger partial charge in [0.15, 0.2) is 5.82 Å². The van der Waals surface area contributed by atoms with Gasteiger partial charge in [-0.05, 0) is 29.9 Å². The summed E-state index contributed by atoms with van der Waals surface area (Å²) in [6.07, 6.45) is 3.60. The maximum absolute atomic E-state index is 6.29. The van der Waals surface area contributed by atoms with E-state index < -0.39 is 0 Å². The van der Waals surface area contributed by atoms with E-state index >= 15 is 0 Å². The monoisotopic (exact) mass is 275 g/mol. The minimum atomic E-state index is 0.246. The summed E-state index contributed by atoms with van der Waals surface area (Å²) in [6.45, 7) is 4.60. The van der Waals surface area contributed by atoms with E-state index in [9.17, 15) is 0 Å². The fraction of sp³-hybridized carbons (Fsp3) is 0.467. The number of aromatic nitrogens is 3. The molecule has 100 valence electrons. The molecule has 0 bridgehead atoms. The highest BCUT2D eigenvalue weighted by molar-refractivity contribution is 6.28. The Kier molecular flexibility index (Phi) is 3.09. The van der Waals surface area contributed by atoms with Gasteiger partial charge in [-0.3, -0.25) is 4.57 Å². The first-order chi connectivity index (χ1) is 9.09. The van der Waals surface area contributed by atoms with Crippen molar-refractivity contribution in [3.63, 3.8) is 0 Å². The van der Waals surface area contributed by atoms with Gasteiger partial charge in [-0.15, -0.1) is 10.2 Å². The van der Waals surface area contributed by atoms with E-state index in [0.29, 0.717) is 11.3 Å². The van der Waals surface area contributed by atoms with Crippen LogP contribution in [0.2, 0.25) is 5.28 Å². The molecule has 0 spiro atoms. The lowest BCUT2D eigenvalue weighted by molar-refractivity contribution is 0.262. The molecule has 1 heterocycles. The predicted molar refractivity (Wildman–Crippen MR) is 77.1 cm³/mol. The van der Waals surface area contributed by atoms with Crippen molar-refractivity contribution in [1.29, 1.82) is 0 Å². The van der Waals surface area contributed by atoms with Crippen LogP contribution in [0.25, 0.3) is 11.4 Å². The van der Waals surface area contributed by atoms with E-state index in [1.54, 1.807) is 0 Å². The van der Waals surface area contributed by atoms with Gasteiger partial charge in [0.05, 0.1) is 0 Å². The number of hydrogen-bond acceptors (Lipinski definition) is 2. The zero-order valence-electron chi connectivity index (χ0n) is 11.3. The minimum Gasteiger partial charge on any atom is -0.294 e. The number of hydrogen-bond donors (Lipinski definition) is 0. The van der Waals surface area contributed by atoms with Crippen LogP contribution in [0.3, 0.4) is 0 Å². The molecule has 1 aliphatic rings. The Morgan fingerprint density at radius 1 is 1.21 bits per heavy atom. The SMILES string of the molecule is CC1(C)CCCC1n1c(Cl)nnc1-c1ccccc1. The molecular formula is C15H18ClN3. The molecule has 0 radical (unpaired) electrons.